The Hall–Kier alpha value is -1.97. The minimum Gasteiger partial charge on any atom is -0.399 e. The Bertz CT molecular complexity index is 656. The molecule has 0 aliphatic carbocycles. The zero-order valence-corrected chi connectivity index (χ0v) is 14.0. The van der Waals surface area contributed by atoms with Crippen molar-refractivity contribution in [3.8, 4) is 0 Å². The van der Waals surface area contributed by atoms with Gasteiger partial charge < -0.3 is 15.6 Å². The van der Waals surface area contributed by atoms with E-state index >= 15 is 0 Å². The van der Waals surface area contributed by atoms with E-state index in [9.17, 15) is 4.79 Å². The third kappa shape index (κ3) is 3.81. The normalized spacial score (nSPS) is 11.5. The number of hydrogen-bond acceptors (Lipinski definition) is 2. The zero-order chi connectivity index (χ0) is 16.3. The average Bonchev–Trinajstić information content (AvgIpc) is 2.80. The highest BCUT2D eigenvalue weighted by Crippen LogP contribution is 2.23. The highest BCUT2D eigenvalue weighted by atomic mass is 16.1. The SMILES string of the molecule is CC(C)CCn1c(C(=O)NCC(C)C)cc2cc(N)ccc21. The maximum Gasteiger partial charge on any atom is 0.267 e. The predicted octanol–water partition coefficient (Wildman–Crippen LogP) is 3.66. The molecule has 0 atom stereocenters. The van der Waals surface area contributed by atoms with Crippen LogP contribution in [0.25, 0.3) is 10.9 Å². The van der Waals surface area contributed by atoms with Crippen molar-refractivity contribution in [1.82, 2.24) is 9.88 Å². The Morgan fingerprint density at radius 3 is 2.55 bits per heavy atom. The Morgan fingerprint density at radius 1 is 1.18 bits per heavy atom. The molecule has 2 rings (SSSR count). The molecule has 1 heterocycles. The molecule has 22 heavy (non-hydrogen) atoms. The number of benzene rings is 1. The molecule has 0 spiro atoms. The number of carbonyl (C=O) groups is 1. The molecule has 0 saturated heterocycles. The number of rotatable bonds is 6. The minimum atomic E-state index is -0.00720. The zero-order valence-electron chi connectivity index (χ0n) is 14.0. The third-order valence-electron chi connectivity index (χ3n) is 3.76. The number of carbonyl (C=O) groups excluding carboxylic acids is 1. The van der Waals surface area contributed by atoms with E-state index < -0.39 is 0 Å². The maximum absolute atomic E-state index is 12.5. The van der Waals surface area contributed by atoms with Crippen LogP contribution in [0.2, 0.25) is 0 Å². The highest BCUT2D eigenvalue weighted by Gasteiger charge is 2.16. The van der Waals surface area contributed by atoms with Gasteiger partial charge in [0.25, 0.3) is 5.91 Å². The first-order chi connectivity index (χ1) is 10.4. The van der Waals surface area contributed by atoms with Gasteiger partial charge in [-0.2, -0.15) is 0 Å². The Balaban J connectivity index is 2.37. The van der Waals surface area contributed by atoms with E-state index in [2.05, 4.69) is 37.6 Å². The first-order valence-corrected chi connectivity index (χ1v) is 8.05. The van der Waals surface area contributed by atoms with E-state index in [0.717, 1.165) is 35.2 Å². The van der Waals surface area contributed by atoms with Crippen LogP contribution in [0.3, 0.4) is 0 Å². The van der Waals surface area contributed by atoms with Crippen LogP contribution in [0, 0.1) is 11.8 Å². The summed E-state index contributed by atoms with van der Waals surface area (Å²) in [5.74, 6) is 1.03. The number of nitrogen functional groups attached to an aromatic ring is 1. The number of fused-ring (bicyclic) bond motifs is 1. The van der Waals surface area contributed by atoms with Gasteiger partial charge >= 0.3 is 0 Å². The second kappa shape index (κ2) is 6.86. The van der Waals surface area contributed by atoms with Gasteiger partial charge in [-0.05, 0) is 42.5 Å². The lowest BCUT2D eigenvalue weighted by Gasteiger charge is -2.13. The van der Waals surface area contributed by atoms with Gasteiger partial charge in [0.15, 0.2) is 0 Å². The second-order valence-corrected chi connectivity index (χ2v) is 6.79. The molecule has 3 N–H and O–H groups in total. The molecule has 1 amide bonds. The maximum atomic E-state index is 12.5. The fraction of sp³-hybridized carbons (Fsp3) is 0.500. The summed E-state index contributed by atoms with van der Waals surface area (Å²) in [5.41, 5.74) is 8.39. The Labute approximate surface area is 132 Å². The van der Waals surface area contributed by atoms with E-state index in [4.69, 9.17) is 5.73 Å². The van der Waals surface area contributed by atoms with Gasteiger partial charge in [-0.15, -0.1) is 0 Å². The van der Waals surface area contributed by atoms with Crippen LogP contribution in [-0.4, -0.2) is 17.0 Å². The number of nitrogens with one attached hydrogen (secondary N) is 1. The summed E-state index contributed by atoms with van der Waals surface area (Å²) < 4.78 is 2.12. The predicted molar refractivity (Wildman–Crippen MR) is 93.0 cm³/mol. The van der Waals surface area contributed by atoms with Crippen LogP contribution < -0.4 is 11.1 Å². The summed E-state index contributed by atoms with van der Waals surface area (Å²) in [6.45, 7) is 10.1. The van der Waals surface area contributed by atoms with Gasteiger partial charge in [0.2, 0.25) is 0 Å². The van der Waals surface area contributed by atoms with E-state index in [1.807, 2.05) is 24.3 Å². The van der Waals surface area contributed by atoms with Crippen LogP contribution >= 0.6 is 0 Å². The molecule has 0 unspecified atom stereocenters. The quantitative estimate of drug-likeness (QED) is 0.800. The number of anilines is 1. The fourth-order valence-electron chi connectivity index (χ4n) is 2.49. The van der Waals surface area contributed by atoms with Gasteiger partial charge in [-0.1, -0.05) is 27.7 Å². The second-order valence-electron chi connectivity index (χ2n) is 6.79. The van der Waals surface area contributed by atoms with Crippen molar-refractivity contribution in [1.29, 1.82) is 0 Å². The van der Waals surface area contributed by atoms with Crippen LogP contribution in [0.1, 0.15) is 44.6 Å². The van der Waals surface area contributed by atoms with Crippen molar-refractivity contribution >= 4 is 22.5 Å². The molecule has 0 aliphatic heterocycles. The summed E-state index contributed by atoms with van der Waals surface area (Å²) >= 11 is 0. The molecule has 0 bridgehead atoms. The van der Waals surface area contributed by atoms with Crippen molar-refractivity contribution in [3.05, 3.63) is 30.0 Å². The third-order valence-corrected chi connectivity index (χ3v) is 3.76. The van der Waals surface area contributed by atoms with Crippen molar-refractivity contribution in [2.45, 2.75) is 40.7 Å². The van der Waals surface area contributed by atoms with Crippen molar-refractivity contribution in [2.24, 2.45) is 11.8 Å². The van der Waals surface area contributed by atoms with Gasteiger partial charge in [0, 0.05) is 29.7 Å². The summed E-state index contributed by atoms with van der Waals surface area (Å²) in [5, 5.41) is 4.04. The molecule has 1 aromatic carbocycles. The van der Waals surface area contributed by atoms with Crippen molar-refractivity contribution in [3.63, 3.8) is 0 Å². The molecule has 4 nitrogen and oxygen atoms in total. The first-order valence-electron chi connectivity index (χ1n) is 8.05. The molecule has 0 fully saturated rings. The molecule has 0 aliphatic rings. The Kier molecular flexibility index (Phi) is 5.11. The van der Waals surface area contributed by atoms with E-state index in [1.54, 1.807) is 0 Å². The highest BCUT2D eigenvalue weighted by molar-refractivity contribution is 5.99. The molecule has 0 saturated carbocycles. The van der Waals surface area contributed by atoms with Crippen LogP contribution in [0.4, 0.5) is 5.69 Å². The first kappa shape index (κ1) is 16.4. The monoisotopic (exact) mass is 301 g/mol. The van der Waals surface area contributed by atoms with Crippen LogP contribution in [0.15, 0.2) is 24.3 Å². The molecular formula is C18H27N3O. The van der Waals surface area contributed by atoms with E-state index in [0.29, 0.717) is 18.4 Å². The summed E-state index contributed by atoms with van der Waals surface area (Å²) in [6.07, 6.45) is 1.04. The minimum absolute atomic E-state index is 0.00720. The number of aromatic nitrogens is 1. The number of amides is 1. The lowest BCUT2D eigenvalue weighted by atomic mass is 10.1. The summed E-state index contributed by atoms with van der Waals surface area (Å²) in [4.78, 5) is 12.5. The number of aryl methyl sites for hydroxylation is 1. The average molecular weight is 301 g/mol. The molecule has 2 aromatic rings. The molecular weight excluding hydrogens is 274 g/mol. The summed E-state index contributed by atoms with van der Waals surface area (Å²) in [6, 6.07) is 7.77. The standard InChI is InChI=1S/C18H27N3O/c1-12(2)7-8-21-16-6-5-15(19)9-14(16)10-17(21)18(22)20-11-13(3)4/h5-6,9-10,12-13H,7-8,11,19H2,1-4H3,(H,20,22). The van der Waals surface area contributed by atoms with Gasteiger partial charge in [0.1, 0.15) is 5.69 Å². The van der Waals surface area contributed by atoms with Crippen molar-refractivity contribution < 1.29 is 4.79 Å². The largest absolute Gasteiger partial charge is 0.399 e. The van der Waals surface area contributed by atoms with Crippen molar-refractivity contribution in [2.75, 3.05) is 12.3 Å². The van der Waals surface area contributed by atoms with E-state index in [-0.39, 0.29) is 5.91 Å². The van der Waals surface area contributed by atoms with Gasteiger partial charge in [0.05, 0.1) is 0 Å². The molecule has 1 aromatic heterocycles. The molecule has 0 radical (unpaired) electrons. The van der Waals surface area contributed by atoms with Gasteiger partial charge in [-0.3, -0.25) is 4.79 Å². The van der Waals surface area contributed by atoms with Gasteiger partial charge in [-0.25, -0.2) is 0 Å². The molecule has 4 heteroatoms. The number of hydrogen-bond donors (Lipinski definition) is 2. The topological polar surface area (TPSA) is 60.0 Å². The fourth-order valence-corrected chi connectivity index (χ4v) is 2.49. The molecule has 120 valence electrons. The lowest BCUT2D eigenvalue weighted by molar-refractivity contribution is 0.0939. The van der Waals surface area contributed by atoms with Crippen LogP contribution in [0.5, 0.6) is 0 Å². The smallest absolute Gasteiger partial charge is 0.267 e. The lowest BCUT2D eigenvalue weighted by Crippen LogP contribution is -2.29. The van der Waals surface area contributed by atoms with E-state index in [1.165, 1.54) is 0 Å². The van der Waals surface area contributed by atoms with Crippen LogP contribution in [-0.2, 0) is 6.54 Å². The number of nitrogens with zero attached hydrogens (tertiary/aromatic N) is 1. The summed E-state index contributed by atoms with van der Waals surface area (Å²) in [7, 11) is 0. The Morgan fingerprint density at radius 2 is 1.91 bits per heavy atom. The number of nitrogens with two attached hydrogens (primary N) is 1.